The summed E-state index contributed by atoms with van der Waals surface area (Å²) in [5.74, 6) is 1.22. The lowest BCUT2D eigenvalue weighted by Gasteiger charge is -2.18. The predicted molar refractivity (Wildman–Crippen MR) is 77.9 cm³/mol. The Hall–Kier alpha value is -0.220. The molecule has 0 aromatic rings. The normalized spacial score (nSPS) is 12.7. The molecule has 0 aliphatic carbocycles. The van der Waals surface area contributed by atoms with Gasteiger partial charge >= 0.3 is 5.97 Å². The van der Waals surface area contributed by atoms with Gasteiger partial charge in [0.05, 0.1) is 0 Å². The third kappa shape index (κ3) is 10.9. The number of carbonyl (C=O) groups excluding carboxylic acids is 1. The summed E-state index contributed by atoms with van der Waals surface area (Å²) < 4.78 is 5.02. The van der Waals surface area contributed by atoms with E-state index in [0.717, 1.165) is 12.2 Å². The van der Waals surface area contributed by atoms with Crippen molar-refractivity contribution in [1.82, 2.24) is 0 Å². The molecule has 0 aromatic heterocycles. The van der Waals surface area contributed by atoms with Gasteiger partial charge in [0.1, 0.15) is 13.2 Å². The van der Waals surface area contributed by atoms with Crippen LogP contribution in [0.3, 0.4) is 0 Å². The maximum Gasteiger partial charge on any atom is 0.331 e. The van der Waals surface area contributed by atoms with Gasteiger partial charge in [0.15, 0.2) is 0 Å². The summed E-state index contributed by atoms with van der Waals surface area (Å²) in [5, 5.41) is 8.98. The summed E-state index contributed by atoms with van der Waals surface area (Å²) in [5.41, 5.74) is 0. The van der Waals surface area contributed by atoms with Gasteiger partial charge in [0.25, 0.3) is 0 Å². The molecule has 0 bridgehead atoms. The van der Waals surface area contributed by atoms with Crippen molar-refractivity contribution < 1.29 is 14.6 Å². The van der Waals surface area contributed by atoms with Gasteiger partial charge in [-0.1, -0.05) is 40.0 Å². The average molecular weight is 276 g/mol. The van der Waals surface area contributed by atoms with Gasteiger partial charge in [-0.3, -0.25) is 0 Å². The van der Waals surface area contributed by atoms with Gasteiger partial charge in [0.2, 0.25) is 0 Å². The largest absolute Gasteiger partial charge is 0.463 e. The van der Waals surface area contributed by atoms with Crippen molar-refractivity contribution in [1.29, 1.82) is 0 Å². The van der Waals surface area contributed by atoms with Crippen LogP contribution >= 0.6 is 11.8 Å². The summed E-state index contributed by atoms with van der Waals surface area (Å²) in [7, 11) is 0. The van der Waals surface area contributed by atoms with Crippen molar-refractivity contribution >= 4 is 17.7 Å². The van der Waals surface area contributed by atoms with Gasteiger partial charge in [-0.25, -0.2) is 4.79 Å². The highest BCUT2D eigenvalue weighted by Gasteiger charge is 2.13. The number of carbonyl (C=O) groups is 1. The minimum absolute atomic E-state index is 0.363. The van der Waals surface area contributed by atoms with Crippen LogP contribution in [0.25, 0.3) is 0 Å². The first kappa shape index (κ1) is 17.8. The third-order valence-electron chi connectivity index (χ3n) is 2.65. The van der Waals surface area contributed by atoms with E-state index in [4.69, 9.17) is 9.84 Å². The van der Waals surface area contributed by atoms with Gasteiger partial charge in [-0.15, -0.1) is 0 Å². The quantitative estimate of drug-likeness (QED) is 0.465. The average Bonchev–Trinajstić information content (AvgIpc) is 2.34. The highest BCUT2D eigenvalue weighted by Crippen LogP contribution is 2.21. The predicted octanol–water partition coefficient (Wildman–Crippen LogP) is 3.25. The number of hydrogen-bond donors (Lipinski definition) is 1. The van der Waals surface area contributed by atoms with Crippen LogP contribution in [0.5, 0.6) is 0 Å². The van der Waals surface area contributed by atoms with Crippen molar-refractivity contribution in [2.45, 2.75) is 58.1 Å². The standard InChI is InChI=1S/C14H28O3S/c1-4-5-6-7-8-18-13(9-12(2)3)11-17-14(16)10-15/h12-13,15H,4-11H2,1-3H3. The molecule has 0 aliphatic heterocycles. The first-order valence-electron chi connectivity index (χ1n) is 6.98. The van der Waals surface area contributed by atoms with Crippen molar-refractivity contribution in [3.8, 4) is 0 Å². The number of ether oxygens (including phenoxy) is 1. The minimum atomic E-state index is -0.518. The van der Waals surface area contributed by atoms with E-state index in [0.29, 0.717) is 17.8 Å². The lowest BCUT2D eigenvalue weighted by atomic mass is 10.1. The molecule has 0 amide bonds. The minimum Gasteiger partial charge on any atom is -0.463 e. The van der Waals surface area contributed by atoms with E-state index in [1.54, 1.807) is 0 Å². The van der Waals surface area contributed by atoms with Gasteiger partial charge < -0.3 is 9.84 Å². The second-order valence-corrected chi connectivity index (χ2v) is 6.43. The Balaban J connectivity index is 3.80. The number of aliphatic hydroxyl groups is 1. The molecule has 0 radical (unpaired) electrons. The lowest BCUT2D eigenvalue weighted by molar-refractivity contribution is -0.146. The first-order chi connectivity index (χ1) is 8.60. The summed E-state index contributed by atoms with van der Waals surface area (Å²) in [6.07, 6.45) is 6.13. The summed E-state index contributed by atoms with van der Waals surface area (Å²) in [6.45, 7) is 6.48. The molecule has 0 saturated heterocycles. The molecule has 3 nitrogen and oxygen atoms in total. The fraction of sp³-hybridized carbons (Fsp3) is 0.929. The number of thioether (sulfide) groups is 1. The van der Waals surface area contributed by atoms with Crippen LogP contribution in [-0.2, 0) is 9.53 Å². The number of aliphatic hydroxyl groups excluding tert-OH is 1. The second-order valence-electron chi connectivity index (χ2n) is 5.02. The topological polar surface area (TPSA) is 46.5 Å². The van der Waals surface area contributed by atoms with E-state index in [2.05, 4.69) is 20.8 Å². The zero-order valence-electron chi connectivity index (χ0n) is 12.0. The Labute approximate surface area is 116 Å². The molecule has 0 aromatic carbocycles. The van der Waals surface area contributed by atoms with Crippen LogP contribution < -0.4 is 0 Å². The number of esters is 1. The molecule has 0 rings (SSSR count). The molecule has 0 saturated carbocycles. The van der Waals surface area contributed by atoms with Crippen LogP contribution in [0.1, 0.15) is 52.9 Å². The maximum atomic E-state index is 10.9. The van der Waals surface area contributed by atoms with Crippen LogP contribution in [-0.4, -0.2) is 35.3 Å². The monoisotopic (exact) mass is 276 g/mol. The lowest BCUT2D eigenvalue weighted by Crippen LogP contribution is -2.20. The summed E-state index contributed by atoms with van der Waals surface area (Å²) >= 11 is 1.89. The van der Waals surface area contributed by atoms with E-state index in [-0.39, 0.29) is 0 Å². The van der Waals surface area contributed by atoms with E-state index >= 15 is 0 Å². The maximum absolute atomic E-state index is 10.9. The number of unbranched alkanes of at least 4 members (excludes halogenated alkanes) is 3. The van der Waals surface area contributed by atoms with Crippen molar-refractivity contribution in [2.24, 2.45) is 5.92 Å². The van der Waals surface area contributed by atoms with Gasteiger partial charge in [-0.05, 0) is 24.5 Å². The fourth-order valence-corrected chi connectivity index (χ4v) is 3.11. The molecule has 1 N–H and O–H groups in total. The highest BCUT2D eigenvalue weighted by molar-refractivity contribution is 7.99. The summed E-state index contributed by atoms with van der Waals surface area (Å²) in [6, 6.07) is 0. The zero-order valence-corrected chi connectivity index (χ0v) is 12.8. The fourth-order valence-electron chi connectivity index (χ4n) is 1.72. The van der Waals surface area contributed by atoms with Crippen LogP contribution in [0.2, 0.25) is 0 Å². The molecule has 4 heteroatoms. The molecule has 1 atom stereocenters. The van der Waals surface area contributed by atoms with E-state index in [1.807, 2.05) is 11.8 Å². The van der Waals surface area contributed by atoms with Crippen LogP contribution in [0.4, 0.5) is 0 Å². The van der Waals surface area contributed by atoms with E-state index in [9.17, 15) is 4.79 Å². The molecule has 0 aliphatic rings. The van der Waals surface area contributed by atoms with Crippen molar-refractivity contribution in [3.05, 3.63) is 0 Å². The Morgan fingerprint density at radius 1 is 1.28 bits per heavy atom. The summed E-state index contributed by atoms with van der Waals surface area (Å²) in [4.78, 5) is 10.9. The van der Waals surface area contributed by atoms with E-state index in [1.165, 1.54) is 25.7 Å². The second kappa shape index (κ2) is 11.8. The Bertz CT molecular complexity index is 207. The van der Waals surface area contributed by atoms with Crippen LogP contribution in [0, 0.1) is 5.92 Å². The molecule has 1 unspecified atom stereocenters. The van der Waals surface area contributed by atoms with Crippen LogP contribution in [0.15, 0.2) is 0 Å². The SMILES string of the molecule is CCCCCCSC(COC(=O)CO)CC(C)C. The molecular formula is C14H28O3S. The Kier molecular flexibility index (Phi) is 11.7. The highest BCUT2D eigenvalue weighted by atomic mass is 32.2. The number of hydrogen-bond acceptors (Lipinski definition) is 4. The number of rotatable bonds is 11. The van der Waals surface area contributed by atoms with Crippen molar-refractivity contribution in [3.63, 3.8) is 0 Å². The molecular weight excluding hydrogens is 248 g/mol. The molecule has 18 heavy (non-hydrogen) atoms. The zero-order chi connectivity index (χ0) is 13.8. The molecule has 0 fully saturated rings. The smallest absolute Gasteiger partial charge is 0.331 e. The Morgan fingerprint density at radius 3 is 2.56 bits per heavy atom. The van der Waals surface area contributed by atoms with Crippen molar-refractivity contribution in [2.75, 3.05) is 19.0 Å². The van der Waals surface area contributed by atoms with Gasteiger partial charge in [0, 0.05) is 5.25 Å². The molecule has 0 spiro atoms. The molecule has 108 valence electrons. The van der Waals surface area contributed by atoms with E-state index < -0.39 is 12.6 Å². The Morgan fingerprint density at radius 2 is 2.00 bits per heavy atom. The third-order valence-corrected chi connectivity index (χ3v) is 3.97. The molecule has 0 heterocycles. The first-order valence-corrected chi connectivity index (χ1v) is 8.03. The van der Waals surface area contributed by atoms with Gasteiger partial charge in [-0.2, -0.15) is 11.8 Å².